The van der Waals surface area contributed by atoms with Crippen molar-refractivity contribution < 1.29 is 23.9 Å². The van der Waals surface area contributed by atoms with Gasteiger partial charge in [-0.05, 0) is 63.1 Å². The number of nitrogens with one attached hydrogen (secondary N) is 1. The molecular weight excluding hydrogens is 540 g/mol. The summed E-state index contributed by atoms with van der Waals surface area (Å²) < 4.78 is 15.8. The maximum absolute atomic E-state index is 13.2. The molecule has 42 heavy (non-hydrogen) atoms. The number of carbonyl (C=O) groups excluding carboxylic acids is 3. The molecule has 0 spiro atoms. The summed E-state index contributed by atoms with van der Waals surface area (Å²) in [5.74, 6) is 0.337. The average Bonchev–Trinajstić information content (AvgIpc) is 3.65. The number of methoxy groups -OCH3 is 2. The third kappa shape index (κ3) is 5.28. The Hall–Kier alpha value is -5.20. The summed E-state index contributed by atoms with van der Waals surface area (Å²) in [6.45, 7) is 5.38. The summed E-state index contributed by atoms with van der Waals surface area (Å²) in [6, 6.07) is 10.2. The van der Waals surface area contributed by atoms with Crippen LogP contribution in [0.3, 0.4) is 0 Å². The van der Waals surface area contributed by atoms with Gasteiger partial charge in [-0.2, -0.15) is 5.10 Å². The Morgan fingerprint density at radius 3 is 2.48 bits per heavy atom. The minimum Gasteiger partial charge on any atom is -0.494 e. The molecule has 13 nitrogen and oxygen atoms in total. The lowest BCUT2D eigenvalue weighted by atomic mass is 10.1. The lowest BCUT2D eigenvalue weighted by Crippen LogP contribution is -2.20. The number of carbonyl (C=O) groups is 3. The van der Waals surface area contributed by atoms with Crippen LogP contribution in [0.15, 0.2) is 36.4 Å². The van der Waals surface area contributed by atoms with Gasteiger partial charge in [-0.1, -0.05) is 0 Å². The molecular formula is C29H32N8O5. The number of amides is 1. The molecule has 3 aromatic heterocycles. The number of unbranched alkanes of at least 4 members (excludes halogenated alkanes) is 1. The molecule has 0 atom stereocenters. The van der Waals surface area contributed by atoms with Crippen LogP contribution in [0.4, 0.5) is 11.9 Å². The normalized spacial score (nSPS) is 11.2. The van der Waals surface area contributed by atoms with Crippen LogP contribution in [0, 0.1) is 6.92 Å². The SMILES string of the molecule is CCn1nc(C)cc1C(=O)Nc1nc2cc(C=O)ccc2n1CCCCn1c(N)nc2cc(C(=O)OC)cc(OC)c21. The average molecular weight is 573 g/mol. The Morgan fingerprint density at radius 2 is 1.79 bits per heavy atom. The topological polar surface area (TPSA) is 161 Å². The third-order valence-electron chi connectivity index (χ3n) is 7.06. The van der Waals surface area contributed by atoms with Crippen molar-refractivity contribution in [2.45, 2.75) is 46.3 Å². The molecule has 5 aromatic rings. The molecule has 13 heteroatoms. The molecule has 0 unspecified atom stereocenters. The Morgan fingerprint density at radius 1 is 1.02 bits per heavy atom. The second kappa shape index (κ2) is 11.7. The van der Waals surface area contributed by atoms with Crippen molar-refractivity contribution >= 4 is 52.1 Å². The monoisotopic (exact) mass is 572 g/mol. The first kappa shape index (κ1) is 28.3. The standard InChI is InChI=1S/C29H32N8O5/c1-5-37-23(12-17(2)34-37)26(39)33-29-32-20-13-18(16-38)8-9-22(20)35(29)10-6-7-11-36-25-21(31-28(36)30)14-19(27(40)42-4)15-24(25)41-3/h8-9,12-16H,5-7,10-11H2,1-4H3,(H2,30,31)(H,32,33,39). The third-order valence-corrected chi connectivity index (χ3v) is 7.06. The minimum absolute atomic E-state index is 0.301. The Balaban J connectivity index is 1.38. The van der Waals surface area contributed by atoms with Crippen molar-refractivity contribution in [1.29, 1.82) is 0 Å². The largest absolute Gasteiger partial charge is 0.494 e. The highest BCUT2D eigenvalue weighted by atomic mass is 16.5. The van der Waals surface area contributed by atoms with Gasteiger partial charge in [0.25, 0.3) is 5.91 Å². The summed E-state index contributed by atoms with van der Waals surface area (Å²) in [6.07, 6.45) is 2.18. The number of nitrogen functional groups attached to an aromatic ring is 1. The van der Waals surface area contributed by atoms with Gasteiger partial charge in [-0.15, -0.1) is 0 Å². The van der Waals surface area contributed by atoms with Crippen LogP contribution in [0.25, 0.3) is 22.1 Å². The van der Waals surface area contributed by atoms with E-state index in [1.54, 1.807) is 35.0 Å². The molecule has 0 aliphatic carbocycles. The highest BCUT2D eigenvalue weighted by Crippen LogP contribution is 2.30. The number of esters is 1. The maximum atomic E-state index is 13.2. The zero-order valence-electron chi connectivity index (χ0n) is 23.9. The van der Waals surface area contributed by atoms with Crippen molar-refractivity contribution in [1.82, 2.24) is 28.9 Å². The molecule has 2 aromatic carbocycles. The smallest absolute Gasteiger partial charge is 0.338 e. The summed E-state index contributed by atoms with van der Waals surface area (Å²) in [4.78, 5) is 45.7. The van der Waals surface area contributed by atoms with Gasteiger partial charge in [0.2, 0.25) is 11.9 Å². The zero-order chi connectivity index (χ0) is 30.0. The van der Waals surface area contributed by atoms with E-state index in [0.717, 1.165) is 17.5 Å². The van der Waals surface area contributed by atoms with Crippen molar-refractivity contribution in [2.75, 3.05) is 25.3 Å². The Bertz CT molecular complexity index is 1820. The van der Waals surface area contributed by atoms with E-state index in [4.69, 9.17) is 15.2 Å². The van der Waals surface area contributed by atoms with Crippen LogP contribution >= 0.6 is 0 Å². The lowest BCUT2D eigenvalue weighted by molar-refractivity contribution is 0.0600. The number of aryl methyl sites for hydroxylation is 4. The van der Waals surface area contributed by atoms with Gasteiger partial charge in [0.15, 0.2) is 0 Å². The molecule has 3 N–H and O–H groups in total. The number of rotatable bonds is 11. The maximum Gasteiger partial charge on any atom is 0.338 e. The summed E-state index contributed by atoms with van der Waals surface area (Å²) in [5.41, 5.74) is 10.9. The van der Waals surface area contributed by atoms with Gasteiger partial charge in [0, 0.05) is 25.2 Å². The van der Waals surface area contributed by atoms with Gasteiger partial charge >= 0.3 is 5.97 Å². The van der Waals surface area contributed by atoms with E-state index in [1.807, 2.05) is 29.0 Å². The number of imidazole rings is 2. The molecule has 1 amide bonds. The molecule has 0 aliphatic heterocycles. The number of aromatic nitrogens is 6. The fraction of sp³-hybridized carbons (Fsp3) is 0.310. The Labute approximate surface area is 241 Å². The van der Waals surface area contributed by atoms with Gasteiger partial charge in [0.1, 0.15) is 23.2 Å². The first-order chi connectivity index (χ1) is 20.3. The quantitative estimate of drug-likeness (QED) is 0.136. The summed E-state index contributed by atoms with van der Waals surface area (Å²) >= 11 is 0. The minimum atomic E-state index is -0.492. The van der Waals surface area contributed by atoms with E-state index in [-0.39, 0.29) is 5.91 Å². The number of nitrogens with two attached hydrogens (primary N) is 1. The molecule has 0 aliphatic rings. The van der Waals surface area contributed by atoms with Crippen molar-refractivity contribution in [2.24, 2.45) is 0 Å². The van der Waals surface area contributed by atoms with Crippen LogP contribution in [0.1, 0.15) is 56.7 Å². The van der Waals surface area contributed by atoms with E-state index >= 15 is 0 Å². The molecule has 3 heterocycles. The molecule has 0 bridgehead atoms. The Kier molecular flexibility index (Phi) is 7.91. The summed E-state index contributed by atoms with van der Waals surface area (Å²) in [5, 5.41) is 7.30. The first-order valence-corrected chi connectivity index (χ1v) is 13.5. The van der Waals surface area contributed by atoms with Crippen LogP contribution in [0.5, 0.6) is 5.75 Å². The van der Waals surface area contributed by atoms with Gasteiger partial charge in [-0.3, -0.25) is 19.6 Å². The second-order valence-corrected chi connectivity index (χ2v) is 9.76. The van der Waals surface area contributed by atoms with Gasteiger partial charge < -0.3 is 24.3 Å². The highest BCUT2D eigenvalue weighted by molar-refractivity contribution is 6.03. The first-order valence-electron chi connectivity index (χ1n) is 13.5. The molecule has 0 radical (unpaired) electrons. The predicted molar refractivity (Wildman–Crippen MR) is 157 cm³/mol. The summed E-state index contributed by atoms with van der Waals surface area (Å²) in [7, 11) is 2.84. The van der Waals surface area contributed by atoms with Crippen molar-refractivity contribution in [3.63, 3.8) is 0 Å². The number of ether oxygens (including phenoxy) is 2. The van der Waals surface area contributed by atoms with Crippen LogP contribution in [-0.2, 0) is 24.4 Å². The number of hydrogen-bond acceptors (Lipinski definition) is 9. The zero-order valence-corrected chi connectivity index (χ0v) is 23.9. The van der Waals surface area contributed by atoms with Crippen molar-refractivity contribution in [3.8, 4) is 5.75 Å². The van der Waals surface area contributed by atoms with E-state index in [0.29, 0.717) is 83.5 Å². The van der Waals surface area contributed by atoms with E-state index in [9.17, 15) is 14.4 Å². The van der Waals surface area contributed by atoms with E-state index in [2.05, 4.69) is 20.4 Å². The molecule has 0 saturated carbocycles. The van der Waals surface area contributed by atoms with Crippen LogP contribution < -0.4 is 15.8 Å². The molecule has 5 rings (SSSR count). The van der Waals surface area contributed by atoms with Gasteiger partial charge in [-0.25, -0.2) is 14.8 Å². The van der Waals surface area contributed by atoms with Crippen LogP contribution in [0.2, 0.25) is 0 Å². The molecule has 0 fully saturated rings. The predicted octanol–water partition coefficient (Wildman–Crippen LogP) is 3.83. The lowest BCUT2D eigenvalue weighted by Gasteiger charge is -2.12. The second-order valence-electron chi connectivity index (χ2n) is 9.76. The number of anilines is 2. The van der Waals surface area contributed by atoms with Gasteiger partial charge in [0.05, 0.1) is 42.0 Å². The number of aldehydes is 1. The number of nitrogens with zero attached hydrogens (tertiary/aromatic N) is 6. The van der Waals surface area contributed by atoms with Crippen molar-refractivity contribution in [3.05, 3.63) is 58.9 Å². The number of benzene rings is 2. The van der Waals surface area contributed by atoms with Crippen LogP contribution in [-0.4, -0.2) is 61.3 Å². The number of fused-ring (bicyclic) bond motifs is 2. The fourth-order valence-electron chi connectivity index (χ4n) is 5.08. The molecule has 218 valence electrons. The highest BCUT2D eigenvalue weighted by Gasteiger charge is 2.20. The fourth-order valence-corrected chi connectivity index (χ4v) is 5.08. The molecule has 0 saturated heterocycles. The van der Waals surface area contributed by atoms with E-state index in [1.165, 1.54) is 14.2 Å². The number of hydrogen-bond donors (Lipinski definition) is 2. The van der Waals surface area contributed by atoms with E-state index < -0.39 is 5.97 Å².